The highest BCUT2D eigenvalue weighted by atomic mass is 32.1. The average Bonchev–Trinajstić information content (AvgIpc) is 2.80. The third-order valence-electron chi connectivity index (χ3n) is 5.41. The van der Waals surface area contributed by atoms with Crippen molar-refractivity contribution < 1.29 is 19.1 Å². The van der Waals surface area contributed by atoms with Gasteiger partial charge >= 0.3 is 5.97 Å². The summed E-state index contributed by atoms with van der Waals surface area (Å²) in [6.45, 7) is 0. The zero-order chi connectivity index (χ0) is 22.3. The molecular formula is C23H27N3O4S. The highest BCUT2D eigenvalue weighted by Crippen LogP contribution is 2.31. The minimum atomic E-state index is -0.810. The molecule has 0 spiro atoms. The lowest BCUT2D eigenvalue weighted by Crippen LogP contribution is -2.58. The molecule has 31 heavy (non-hydrogen) atoms. The number of carbonyl (C=O) groups excluding carboxylic acids is 2. The van der Waals surface area contributed by atoms with E-state index in [0.29, 0.717) is 40.6 Å². The Morgan fingerprint density at radius 1 is 0.935 bits per heavy atom. The molecule has 3 rings (SSSR count). The summed E-state index contributed by atoms with van der Waals surface area (Å²) in [6, 6.07) is 14.1. The normalized spacial score (nSPS) is 14.8. The summed E-state index contributed by atoms with van der Waals surface area (Å²) in [5.41, 5.74) is 0.974. The summed E-state index contributed by atoms with van der Waals surface area (Å²) in [5, 5.41) is 9.72. The molecule has 1 aliphatic rings. The quantitative estimate of drug-likeness (QED) is 0.459. The summed E-state index contributed by atoms with van der Waals surface area (Å²) >= 11 is 5.51. The number of methoxy groups -OCH3 is 2. The van der Waals surface area contributed by atoms with Crippen LogP contribution in [0.2, 0.25) is 0 Å². The van der Waals surface area contributed by atoms with Gasteiger partial charge in [0.25, 0.3) is 0 Å². The predicted molar refractivity (Wildman–Crippen MR) is 125 cm³/mol. The van der Waals surface area contributed by atoms with Crippen molar-refractivity contribution in [1.82, 2.24) is 5.32 Å². The highest BCUT2D eigenvalue weighted by molar-refractivity contribution is 7.80. The molecule has 1 amide bonds. The molecule has 1 fully saturated rings. The van der Waals surface area contributed by atoms with E-state index in [0.717, 1.165) is 19.3 Å². The van der Waals surface area contributed by atoms with Crippen LogP contribution >= 0.6 is 12.2 Å². The van der Waals surface area contributed by atoms with Gasteiger partial charge < -0.3 is 25.4 Å². The van der Waals surface area contributed by atoms with E-state index < -0.39 is 11.5 Å². The number of thiocarbonyl (C=S) groups is 1. The Bertz CT molecular complexity index is 940. The molecule has 7 nitrogen and oxygen atoms in total. The molecule has 0 heterocycles. The van der Waals surface area contributed by atoms with Crippen molar-refractivity contribution in [2.45, 2.75) is 37.6 Å². The topological polar surface area (TPSA) is 88.7 Å². The van der Waals surface area contributed by atoms with E-state index >= 15 is 0 Å². The number of hydrogen-bond acceptors (Lipinski definition) is 5. The minimum Gasteiger partial charge on any atom is -0.495 e. The first kappa shape index (κ1) is 22.6. The molecule has 0 atom stereocenters. The number of anilines is 2. The number of ether oxygens (including phenoxy) is 2. The number of rotatable bonds is 6. The Hall–Kier alpha value is -3.13. The van der Waals surface area contributed by atoms with Crippen molar-refractivity contribution in [3.63, 3.8) is 0 Å². The van der Waals surface area contributed by atoms with Crippen molar-refractivity contribution in [3.05, 3.63) is 54.1 Å². The van der Waals surface area contributed by atoms with Crippen LogP contribution < -0.4 is 20.7 Å². The molecule has 0 radical (unpaired) electrons. The second-order valence-corrected chi connectivity index (χ2v) is 7.85. The zero-order valence-corrected chi connectivity index (χ0v) is 18.5. The molecule has 8 heteroatoms. The van der Waals surface area contributed by atoms with Crippen LogP contribution in [0.1, 0.15) is 42.5 Å². The van der Waals surface area contributed by atoms with Crippen LogP contribution in [0.25, 0.3) is 0 Å². The maximum absolute atomic E-state index is 13.3. The molecule has 0 unspecified atom stereocenters. The SMILES string of the molecule is COC(=O)c1ccc(NC(=S)NC2(C(=O)Nc3ccccc3OC)CCCCC2)cc1. The maximum atomic E-state index is 13.3. The second kappa shape index (κ2) is 10.3. The van der Waals surface area contributed by atoms with Gasteiger partial charge in [-0.05, 0) is 61.5 Å². The minimum absolute atomic E-state index is 0.137. The van der Waals surface area contributed by atoms with Gasteiger partial charge in [-0.2, -0.15) is 0 Å². The second-order valence-electron chi connectivity index (χ2n) is 7.45. The summed E-state index contributed by atoms with van der Waals surface area (Å²) in [4.78, 5) is 24.9. The van der Waals surface area contributed by atoms with E-state index in [1.165, 1.54) is 7.11 Å². The van der Waals surface area contributed by atoms with Gasteiger partial charge in [0.2, 0.25) is 5.91 Å². The number of esters is 1. The molecule has 0 aromatic heterocycles. The molecule has 3 N–H and O–H groups in total. The van der Waals surface area contributed by atoms with E-state index in [1.54, 1.807) is 37.4 Å². The number of hydrogen-bond donors (Lipinski definition) is 3. The fraction of sp³-hybridized carbons (Fsp3) is 0.348. The number of nitrogens with one attached hydrogen (secondary N) is 3. The lowest BCUT2D eigenvalue weighted by atomic mass is 9.81. The van der Waals surface area contributed by atoms with E-state index in [4.69, 9.17) is 21.7 Å². The van der Waals surface area contributed by atoms with Crippen LogP contribution in [-0.2, 0) is 9.53 Å². The first-order chi connectivity index (χ1) is 15.0. The van der Waals surface area contributed by atoms with E-state index in [-0.39, 0.29) is 5.91 Å². The van der Waals surface area contributed by atoms with Gasteiger partial charge in [-0.1, -0.05) is 31.4 Å². The van der Waals surface area contributed by atoms with Gasteiger partial charge in [-0.15, -0.1) is 0 Å². The zero-order valence-electron chi connectivity index (χ0n) is 17.7. The highest BCUT2D eigenvalue weighted by Gasteiger charge is 2.40. The third-order valence-corrected chi connectivity index (χ3v) is 5.62. The molecule has 0 saturated heterocycles. The Morgan fingerprint density at radius 3 is 2.26 bits per heavy atom. The molecule has 164 valence electrons. The summed E-state index contributed by atoms with van der Waals surface area (Å²) < 4.78 is 10.1. The predicted octanol–water partition coefficient (Wildman–Crippen LogP) is 4.11. The van der Waals surface area contributed by atoms with E-state index in [9.17, 15) is 9.59 Å². The number of amides is 1. The lowest BCUT2D eigenvalue weighted by molar-refractivity contribution is -0.123. The summed E-state index contributed by atoms with van der Waals surface area (Å²) in [6.07, 6.45) is 4.31. The van der Waals surface area contributed by atoms with E-state index in [2.05, 4.69) is 16.0 Å². The smallest absolute Gasteiger partial charge is 0.337 e. The van der Waals surface area contributed by atoms with Crippen molar-refractivity contribution >= 4 is 40.6 Å². The molecule has 2 aromatic rings. The van der Waals surface area contributed by atoms with Gasteiger partial charge in [0.1, 0.15) is 11.3 Å². The Balaban J connectivity index is 1.72. The Labute approximate surface area is 187 Å². The number of benzene rings is 2. The van der Waals surface area contributed by atoms with Gasteiger partial charge in [-0.25, -0.2) is 4.79 Å². The Morgan fingerprint density at radius 2 is 1.61 bits per heavy atom. The van der Waals surface area contributed by atoms with E-state index in [1.807, 2.05) is 18.2 Å². The van der Waals surface area contributed by atoms with Crippen LogP contribution in [0.5, 0.6) is 5.75 Å². The lowest BCUT2D eigenvalue weighted by Gasteiger charge is -2.37. The number of para-hydroxylation sites is 2. The van der Waals surface area contributed by atoms with Crippen LogP contribution in [0.15, 0.2) is 48.5 Å². The van der Waals surface area contributed by atoms with Crippen molar-refractivity contribution in [3.8, 4) is 5.75 Å². The first-order valence-corrected chi connectivity index (χ1v) is 10.6. The van der Waals surface area contributed by atoms with Gasteiger partial charge in [0.05, 0.1) is 25.5 Å². The average molecular weight is 442 g/mol. The van der Waals surface area contributed by atoms with Crippen LogP contribution in [0, 0.1) is 0 Å². The fourth-order valence-electron chi connectivity index (χ4n) is 3.74. The summed E-state index contributed by atoms with van der Waals surface area (Å²) in [5.74, 6) is 0.0662. The number of carbonyl (C=O) groups is 2. The third kappa shape index (κ3) is 5.52. The van der Waals surface area contributed by atoms with Crippen LogP contribution in [0.3, 0.4) is 0 Å². The molecule has 2 aromatic carbocycles. The molecule has 0 bridgehead atoms. The van der Waals surface area contributed by atoms with Gasteiger partial charge in [0, 0.05) is 5.69 Å². The monoisotopic (exact) mass is 441 g/mol. The van der Waals surface area contributed by atoms with Gasteiger partial charge in [-0.3, -0.25) is 4.79 Å². The first-order valence-electron chi connectivity index (χ1n) is 10.2. The fourth-order valence-corrected chi connectivity index (χ4v) is 4.05. The molecular weight excluding hydrogens is 414 g/mol. The van der Waals surface area contributed by atoms with Gasteiger partial charge in [0.15, 0.2) is 5.11 Å². The van der Waals surface area contributed by atoms with Crippen LogP contribution in [-0.4, -0.2) is 36.7 Å². The Kier molecular flexibility index (Phi) is 7.46. The standard InChI is InChI=1S/C23H27N3O4S/c1-29-19-9-5-4-8-18(19)25-21(28)23(14-6-3-7-15-23)26-22(31)24-17-12-10-16(11-13-17)20(27)30-2/h4-5,8-13H,3,6-7,14-15H2,1-2H3,(H,25,28)(H2,24,26,31). The summed E-state index contributed by atoms with van der Waals surface area (Å²) in [7, 11) is 2.91. The molecule has 1 saturated carbocycles. The van der Waals surface area contributed by atoms with Crippen LogP contribution in [0.4, 0.5) is 11.4 Å². The molecule has 1 aliphatic carbocycles. The largest absolute Gasteiger partial charge is 0.495 e. The van der Waals surface area contributed by atoms with Crippen molar-refractivity contribution in [1.29, 1.82) is 0 Å². The maximum Gasteiger partial charge on any atom is 0.337 e. The molecule has 0 aliphatic heterocycles. The van der Waals surface area contributed by atoms with Crippen molar-refractivity contribution in [2.75, 3.05) is 24.9 Å². The van der Waals surface area contributed by atoms with Crippen molar-refractivity contribution in [2.24, 2.45) is 0 Å².